The summed E-state index contributed by atoms with van der Waals surface area (Å²) in [7, 11) is 0. The highest BCUT2D eigenvalue weighted by molar-refractivity contribution is 5.77. The van der Waals surface area contributed by atoms with Gasteiger partial charge in [0.1, 0.15) is 54.9 Å². The topological polar surface area (TPSA) is 493 Å². The van der Waals surface area contributed by atoms with E-state index in [2.05, 4.69) is 31.9 Å². The summed E-state index contributed by atoms with van der Waals surface area (Å²) in [5.41, 5.74) is 5.48. The number of aliphatic hydroxyl groups excluding tert-OH is 9. The van der Waals surface area contributed by atoms with Gasteiger partial charge in [0, 0.05) is 79.5 Å². The smallest absolute Gasteiger partial charge is 0.222 e. The molecule has 3 saturated heterocycles. The van der Waals surface area contributed by atoms with Gasteiger partial charge in [-0.3, -0.25) is 28.8 Å². The molecule has 0 aromatic rings. The van der Waals surface area contributed by atoms with Crippen molar-refractivity contribution in [2.75, 3.05) is 158 Å². The summed E-state index contributed by atoms with van der Waals surface area (Å²) in [6, 6.07) is -2.39. The molecule has 3 heterocycles. The van der Waals surface area contributed by atoms with Crippen LogP contribution in [0.4, 0.5) is 0 Å². The molecular weight excluding hydrogens is 1300 g/mol. The molecule has 15 atom stereocenters. The van der Waals surface area contributed by atoms with Crippen molar-refractivity contribution in [3.05, 3.63) is 0 Å². The number of aliphatic hydroxyl groups is 9. The van der Waals surface area contributed by atoms with E-state index in [0.717, 1.165) is 38.5 Å². The second-order valence-electron chi connectivity index (χ2n) is 24.9. The van der Waals surface area contributed by atoms with E-state index >= 15 is 0 Å². The number of carbonyl (C=O) groups excluding carboxylic acids is 6. The number of ether oxygens (including phenoxy) is 12. The fraction of sp³-hybridized carbons (Fsp3) is 0.906. The predicted octanol–water partition coefficient (Wildman–Crippen LogP) is -5.01. The average Bonchev–Trinajstić information content (AvgIpc) is 0.826. The van der Waals surface area contributed by atoms with Crippen molar-refractivity contribution in [3.63, 3.8) is 0 Å². The third kappa shape index (κ3) is 37.2. The van der Waals surface area contributed by atoms with Gasteiger partial charge in [-0.05, 0) is 38.5 Å². The minimum Gasteiger partial charge on any atom is -0.394 e. The fourth-order valence-corrected chi connectivity index (χ4v) is 11.2. The van der Waals surface area contributed by atoms with Gasteiger partial charge in [0.2, 0.25) is 35.4 Å². The Bertz CT molecular complexity index is 1930. The summed E-state index contributed by atoms with van der Waals surface area (Å²) in [5, 5.41) is 107. The molecule has 0 saturated carbocycles. The average molecular weight is 1420 g/mol. The van der Waals surface area contributed by atoms with Crippen LogP contribution >= 0.6 is 0 Å². The Kier molecular flexibility index (Phi) is 47.5. The molecule has 0 spiro atoms. The van der Waals surface area contributed by atoms with E-state index in [9.17, 15) is 74.7 Å². The van der Waals surface area contributed by atoms with Crippen molar-refractivity contribution in [1.29, 1.82) is 0 Å². The standard InChI is InChI=1S/C64H119N7O27/c1-43(75)69-55-46(96-49(37-72)58(81)61(55)84)13-7-4-10-22-87-31-34-90-28-19-66-52(78)16-25-93-40-64(65,41-94-26-17-53(79)67-20-29-91-35-32-88-23-11-5-8-14-47-56(70-44(2)76)62(85)59(82)50(38-73)97-47)42-95-27-18-54(80)68-21-30-92-36-33-89-24-12-6-9-15-48-57(71-45(3)77)63(86)60(83)51(39-74)98-48/h46-51,55-63,72-74,81-86H,4-42,65H2,1-3H3,(H,66,78)(H,67,79)(H,68,80)(H,69,75)(H,70,76)(H,71,77)/t46-,47-,48-,49-,50-,51-,55+,56+,57+,58+,59+,60+,61-,62-,63-/m1/s1. The number of hydrogen-bond donors (Lipinski definition) is 16. The minimum absolute atomic E-state index is 0.0205. The minimum atomic E-state index is -1.32. The molecule has 17 N–H and O–H groups in total. The van der Waals surface area contributed by atoms with Crippen molar-refractivity contribution < 1.29 is 132 Å². The lowest BCUT2D eigenvalue weighted by molar-refractivity contribution is -0.196. The molecule has 34 nitrogen and oxygen atoms in total. The van der Waals surface area contributed by atoms with Gasteiger partial charge >= 0.3 is 0 Å². The Balaban J connectivity index is 1.28. The van der Waals surface area contributed by atoms with Crippen LogP contribution in [-0.4, -0.2) is 337 Å². The number of carbonyl (C=O) groups is 6. The normalized spacial score (nSPS) is 25.7. The zero-order chi connectivity index (χ0) is 71.9. The van der Waals surface area contributed by atoms with Crippen LogP contribution in [0.1, 0.15) is 117 Å². The van der Waals surface area contributed by atoms with Gasteiger partial charge in [0.25, 0.3) is 0 Å². The zero-order valence-electron chi connectivity index (χ0n) is 57.7. The van der Waals surface area contributed by atoms with E-state index in [1.807, 2.05) is 0 Å². The van der Waals surface area contributed by atoms with Crippen molar-refractivity contribution in [2.24, 2.45) is 5.73 Å². The first-order chi connectivity index (χ1) is 47.1. The van der Waals surface area contributed by atoms with Crippen LogP contribution in [0.3, 0.4) is 0 Å². The predicted molar refractivity (Wildman–Crippen MR) is 349 cm³/mol. The van der Waals surface area contributed by atoms with Gasteiger partial charge in [0.15, 0.2) is 0 Å². The first-order valence-corrected chi connectivity index (χ1v) is 34.6. The Morgan fingerprint density at radius 3 is 0.837 bits per heavy atom. The first-order valence-electron chi connectivity index (χ1n) is 34.6. The van der Waals surface area contributed by atoms with Gasteiger partial charge in [-0.2, -0.15) is 0 Å². The van der Waals surface area contributed by atoms with Gasteiger partial charge < -0.3 is 140 Å². The Labute approximate surface area is 575 Å². The maximum Gasteiger partial charge on any atom is 0.222 e. The summed E-state index contributed by atoms with van der Waals surface area (Å²) in [5.74, 6) is -1.93. The zero-order valence-corrected chi connectivity index (χ0v) is 57.7. The molecule has 3 rings (SSSR count). The number of hydrogen-bond acceptors (Lipinski definition) is 28. The second kappa shape index (κ2) is 52.8. The lowest BCUT2D eigenvalue weighted by Crippen LogP contribution is -2.63. The van der Waals surface area contributed by atoms with Crippen LogP contribution in [0.25, 0.3) is 0 Å². The molecule has 6 amide bonds. The Hall–Kier alpha value is -4.06. The number of amides is 6. The lowest BCUT2D eigenvalue weighted by atomic mass is 9.90. The molecule has 0 aliphatic carbocycles. The van der Waals surface area contributed by atoms with Gasteiger partial charge in [-0.25, -0.2) is 0 Å². The number of nitrogens with two attached hydrogens (primary N) is 1. The van der Waals surface area contributed by atoms with Crippen LogP contribution < -0.4 is 37.6 Å². The SMILES string of the molecule is CC(=O)N[C@@H]1[C@@H](O)[C@@H](O)[C@@H](CO)O[C@@H]1CCCCCOCCOCCNC(=O)CCOCC(N)(COCCC(=O)NCCOCCOCCCCC[C@H]1O[C@H](CO)[C@H](O)[C@H](O)[C@H]1NC(C)=O)COCCC(=O)NCCOCCOCCCCC[C@H]1O[C@H](CO)[C@H](O)[C@H](O)[C@H]1NC(C)=O. The molecule has 572 valence electrons. The molecule has 34 heteroatoms. The van der Waals surface area contributed by atoms with Gasteiger partial charge in [-0.1, -0.05) is 38.5 Å². The maximum absolute atomic E-state index is 12.6. The number of unbranched alkanes of at least 4 members (excludes halogenated alkanes) is 6. The number of nitrogens with one attached hydrogen (secondary N) is 6. The highest BCUT2D eigenvalue weighted by atomic mass is 16.6. The molecule has 0 radical (unpaired) electrons. The third-order valence-electron chi connectivity index (χ3n) is 16.4. The summed E-state index contributed by atoms with van der Waals surface area (Å²) in [6.07, 6.45) is -4.11. The van der Waals surface area contributed by atoms with Crippen LogP contribution in [0.5, 0.6) is 0 Å². The number of rotatable bonds is 57. The largest absolute Gasteiger partial charge is 0.394 e. The van der Waals surface area contributed by atoms with Crippen LogP contribution in [-0.2, 0) is 85.6 Å². The third-order valence-corrected chi connectivity index (χ3v) is 16.4. The maximum atomic E-state index is 12.6. The van der Waals surface area contributed by atoms with E-state index in [-0.39, 0.29) is 134 Å². The van der Waals surface area contributed by atoms with E-state index in [1.165, 1.54) is 20.8 Å². The quantitative estimate of drug-likeness (QED) is 0.0254. The molecule has 0 aromatic carbocycles. The molecule has 3 fully saturated rings. The lowest BCUT2D eigenvalue weighted by Gasteiger charge is -2.42. The van der Waals surface area contributed by atoms with Crippen molar-refractivity contribution >= 4 is 35.4 Å². The molecule has 0 bridgehead atoms. The molecule has 98 heavy (non-hydrogen) atoms. The van der Waals surface area contributed by atoms with Crippen LogP contribution in [0.15, 0.2) is 0 Å². The Morgan fingerprint density at radius 2 is 0.592 bits per heavy atom. The molecule has 0 aromatic heterocycles. The summed E-state index contributed by atoms with van der Waals surface area (Å²) < 4.78 is 68.5. The van der Waals surface area contributed by atoms with Crippen molar-refractivity contribution in [3.8, 4) is 0 Å². The van der Waals surface area contributed by atoms with Crippen LogP contribution in [0.2, 0.25) is 0 Å². The fourth-order valence-electron chi connectivity index (χ4n) is 11.2. The highest BCUT2D eigenvalue weighted by Gasteiger charge is 2.47. The van der Waals surface area contributed by atoms with E-state index in [1.54, 1.807) is 0 Å². The van der Waals surface area contributed by atoms with E-state index in [0.29, 0.717) is 98.0 Å². The van der Waals surface area contributed by atoms with E-state index in [4.69, 9.17) is 62.6 Å². The van der Waals surface area contributed by atoms with E-state index < -0.39 is 117 Å². The summed E-state index contributed by atoms with van der Waals surface area (Å²) in [6.45, 7) is 7.28. The summed E-state index contributed by atoms with van der Waals surface area (Å²) in [4.78, 5) is 72.9. The highest BCUT2D eigenvalue weighted by Crippen LogP contribution is 2.28. The monoisotopic (exact) mass is 1420 g/mol. The molecular formula is C64H119N7O27. The Morgan fingerprint density at radius 1 is 0.337 bits per heavy atom. The molecule has 0 unspecified atom stereocenters. The first kappa shape index (κ1) is 88.2. The summed E-state index contributed by atoms with van der Waals surface area (Å²) >= 11 is 0. The van der Waals surface area contributed by atoms with Crippen molar-refractivity contribution in [1.82, 2.24) is 31.9 Å². The van der Waals surface area contributed by atoms with Gasteiger partial charge in [0.05, 0.1) is 161 Å². The van der Waals surface area contributed by atoms with Crippen LogP contribution in [0, 0.1) is 0 Å². The second-order valence-corrected chi connectivity index (χ2v) is 24.9. The van der Waals surface area contributed by atoms with Crippen molar-refractivity contribution in [2.45, 2.75) is 214 Å². The van der Waals surface area contributed by atoms with Gasteiger partial charge in [-0.15, -0.1) is 0 Å². The molecule has 3 aliphatic heterocycles. The molecule has 3 aliphatic rings.